The highest BCUT2D eigenvalue weighted by Crippen LogP contribution is 2.38. The van der Waals surface area contributed by atoms with Crippen LogP contribution >= 0.6 is 0 Å². The van der Waals surface area contributed by atoms with Crippen molar-refractivity contribution in [1.82, 2.24) is 0 Å². The van der Waals surface area contributed by atoms with Gasteiger partial charge in [0.1, 0.15) is 11.2 Å². The summed E-state index contributed by atoms with van der Waals surface area (Å²) in [6.45, 7) is 0. The largest absolute Gasteiger partial charge is 0.456 e. The minimum Gasteiger partial charge on any atom is -0.456 e. The zero-order valence-corrected chi connectivity index (χ0v) is 20.2. The molecule has 2 heterocycles. The molecular formula is C34H24N2O. The zero-order chi connectivity index (χ0) is 24.6. The van der Waals surface area contributed by atoms with Crippen LogP contribution in [0.1, 0.15) is 29.2 Å². The predicted octanol–water partition coefficient (Wildman–Crippen LogP) is 8.63. The highest BCUT2D eigenvalue weighted by molar-refractivity contribution is 6.18. The lowest BCUT2D eigenvalue weighted by atomic mass is 9.94. The van der Waals surface area contributed by atoms with Crippen LogP contribution in [0.2, 0.25) is 0 Å². The summed E-state index contributed by atoms with van der Waals surface area (Å²) in [6.07, 6.45) is 0.760. The van der Waals surface area contributed by atoms with E-state index in [1.54, 1.807) is 0 Å². The van der Waals surface area contributed by atoms with Gasteiger partial charge in [0, 0.05) is 22.8 Å². The Hall–Kier alpha value is -4.76. The van der Waals surface area contributed by atoms with Gasteiger partial charge in [0.05, 0.1) is 11.8 Å². The molecule has 3 heteroatoms. The smallest absolute Gasteiger partial charge is 0.155 e. The van der Waals surface area contributed by atoms with Crippen molar-refractivity contribution in [2.24, 2.45) is 9.98 Å². The molecule has 3 nitrogen and oxygen atoms in total. The molecule has 1 aliphatic heterocycles. The fourth-order valence-corrected chi connectivity index (χ4v) is 5.23. The van der Waals surface area contributed by atoms with Gasteiger partial charge in [-0.1, -0.05) is 109 Å². The van der Waals surface area contributed by atoms with Gasteiger partial charge >= 0.3 is 0 Å². The number of nitrogens with zero attached hydrogens (tertiary/aromatic N) is 2. The standard InChI is InChI=1S/C34H24N2O/c1-4-12-23(13-5-1)28-20-26(21-32-33(28)27-18-10-11-19-31(27)37-32)34-35-29(24-14-6-2-7-15-24)22-30(36-34)25-16-8-3-9-17-25/h1-21,29H,22H2. The molecular weight excluding hydrogens is 452 g/mol. The van der Waals surface area contributed by atoms with Gasteiger partial charge in [-0.25, -0.2) is 4.99 Å². The maximum absolute atomic E-state index is 6.37. The number of aliphatic imine (C=N–C) groups is 2. The highest BCUT2D eigenvalue weighted by Gasteiger charge is 2.23. The minimum atomic E-state index is -0.00421. The second-order valence-corrected chi connectivity index (χ2v) is 9.37. The molecule has 0 radical (unpaired) electrons. The minimum absolute atomic E-state index is 0.00421. The molecule has 0 amide bonds. The fraction of sp³-hybridized carbons (Fsp3) is 0.0588. The van der Waals surface area contributed by atoms with Crippen molar-refractivity contribution >= 4 is 33.5 Å². The Labute approximate surface area is 215 Å². The van der Waals surface area contributed by atoms with E-state index in [9.17, 15) is 0 Å². The van der Waals surface area contributed by atoms with Crippen molar-refractivity contribution in [2.75, 3.05) is 0 Å². The first-order valence-electron chi connectivity index (χ1n) is 12.6. The Morgan fingerprint density at radius 3 is 2.00 bits per heavy atom. The van der Waals surface area contributed by atoms with Crippen molar-refractivity contribution in [3.63, 3.8) is 0 Å². The summed E-state index contributed by atoms with van der Waals surface area (Å²) in [6, 6.07) is 44.0. The lowest BCUT2D eigenvalue weighted by molar-refractivity contribution is 0.669. The van der Waals surface area contributed by atoms with Gasteiger partial charge < -0.3 is 4.42 Å². The number of hydrogen-bond acceptors (Lipinski definition) is 3. The maximum Gasteiger partial charge on any atom is 0.155 e. The molecule has 1 atom stereocenters. The third-order valence-electron chi connectivity index (χ3n) is 7.02. The molecule has 1 aromatic heterocycles. The van der Waals surface area contributed by atoms with Crippen molar-refractivity contribution in [2.45, 2.75) is 12.5 Å². The molecule has 0 fully saturated rings. The van der Waals surface area contributed by atoms with Crippen LogP contribution in [0.3, 0.4) is 0 Å². The monoisotopic (exact) mass is 476 g/mol. The first-order valence-corrected chi connectivity index (χ1v) is 12.6. The van der Waals surface area contributed by atoms with Gasteiger partial charge in [0.2, 0.25) is 0 Å². The Kier molecular flexibility index (Phi) is 5.25. The molecule has 0 aliphatic carbocycles. The van der Waals surface area contributed by atoms with E-state index in [0.29, 0.717) is 0 Å². The van der Waals surface area contributed by atoms with Gasteiger partial charge in [-0.05, 0) is 40.5 Å². The molecule has 0 saturated heterocycles. The summed E-state index contributed by atoms with van der Waals surface area (Å²) in [5.41, 5.74) is 8.32. The first-order chi connectivity index (χ1) is 18.3. The van der Waals surface area contributed by atoms with Gasteiger partial charge in [-0.3, -0.25) is 4.99 Å². The van der Waals surface area contributed by atoms with E-state index in [4.69, 9.17) is 14.4 Å². The molecule has 7 rings (SSSR count). The molecule has 0 spiro atoms. The third kappa shape index (κ3) is 3.95. The molecule has 37 heavy (non-hydrogen) atoms. The number of rotatable bonds is 4. The van der Waals surface area contributed by atoms with E-state index in [-0.39, 0.29) is 6.04 Å². The number of para-hydroxylation sites is 1. The number of hydrogen-bond donors (Lipinski definition) is 0. The van der Waals surface area contributed by atoms with Crippen LogP contribution in [0.5, 0.6) is 0 Å². The number of benzene rings is 5. The van der Waals surface area contributed by atoms with Gasteiger partial charge in [0.15, 0.2) is 5.84 Å². The fourth-order valence-electron chi connectivity index (χ4n) is 5.23. The Morgan fingerprint density at radius 2 is 1.24 bits per heavy atom. The van der Waals surface area contributed by atoms with Crippen LogP contribution in [0, 0.1) is 0 Å². The van der Waals surface area contributed by atoms with Crippen molar-refractivity contribution in [3.8, 4) is 11.1 Å². The third-order valence-corrected chi connectivity index (χ3v) is 7.02. The molecule has 0 saturated carbocycles. The van der Waals surface area contributed by atoms with E-state index in [2.05, 4.69) is 97.1 Å². The molecule has 5 aromatic carbocycles. The zero-order valence-electron chi connectivity index (χ0n) is 20.2. The normalized spacial score (nSPS) is 15.5. The van der Waals surface area contributed by atoms with Gasteiger partial charge in [0.25, 0.3) is 0 Å². The summed E-state index contributed by atoms with van der Waals surface area (Å²) in [5, 5.41) is 2.23. The van der Waals surface area contributed by atoms with E-state index in [0.717, 1.165) is 62.2 Å². The second kappa shape index (κ2) is 9.03. The van der Waals surface area contributed by atoms with Crippen LogP contribution < -0.4 is 0 Å². The number of furan rings is 1. The Balaban J connectivity index is 1.46. The number of fused-ring (bicyclic) bond motifs is 3. The first kappa shape index (κ1) is 21.5. The van der Waals surface area contributed by atoms with Crippen molar-refractivity contribution in [1.29, 1.82) is 0 Å². The SMILES string of the molecule is c1ccc(C2=NC(c3cc(-c4ccccc4)c4c(c3)oc3ccccc34)=NC(c3ccccc3)C2)cc1. The topological polar surface area (TPSA) is 37.9 Å². The molecule has 1 unspecified atom stereocenters. The lowest BCUT2D eigenvalue weighted by Crippen LogP contribution is -2.17. The molecule has 176 valence electrons. The Morgan fingerprint density at radius 1 is 0.595 bits per heavy atom. The predicted molar refractivity (Wildman–Crippen MR) is 152 cm³/mol. The molecule has 1 aliphatic rings. The average molecular weight is 477 g/mol. The van der Waals surface area contributed by atoms with E-state index >= 15 is 0 Å². The van der Waals surface area contributed by atoms with Crippen LogP contribution in [0.15, 0.2) is 142 Å². The molecule has 0 bridgehead atoms. The number of amidine groups is 1. The van der Waals surface area contributed by atoms with E-state index in [1.165, 1.54) is 5.56 Å². The quantitative estimate of drug-likeness (QED) is 0.251. The average Bonchev–Trinajstić information content (AvgIpc) is 3.36. The summed E-state index contributed by atoms with van der Waals surface area (Å²) >= 11 is 0. The van der Waals surface area contributed by atoms with Crippen LogP contribution in [-0.4, -0.2) is 11.5 Å². The van der Waals surface area contributed by atoms with E-state index in [1.807, 2.05) is 30.3 Å². The van der Waals surface area contributed by atoms with Crippen LogP contribution in [-0.2, 0) is 0 Å². The van der Waals surface area contributed by atoms with Crippen LogP contribution in [0.4, 0.5) is 0 Å². The molecule has 6 aromatic rings. The summed E-state index contributed by atoms with van der Waals surface area (Å²) < 4.78 is 6.37. The van der Waals surface area contributed by atoms with Gasteiger partial charge in [-0.15, -0.1) is 0 Å². The summed E-state index contributed by atoms with van der Waals surface area (Å²) in [5.74, 6) is 0.735. The van der Waals surface area contributed by atoms with Crippen molar-refractivity contribution < 1.29 is 4.42 Å². The van der Waals surface area contributed by atoms with Crippen LogP contribution in [0.25, 0.3) is 33.1 Å². The van der Waals surface area contributed by atoms with Crippen molar-refractivity contribution in [3.05, 3.63) is 144 Å². The summed E-state index contributed by atoms with van der Waals surface area (Å²) in [7, 11) is 0. The lowest BCUT2D eigenvalue weighted by Gasteiger charge is -2.21. The van der Waals surface area contributed by atoms with E-state index < -0.39 is 0 Å². The van der Waals surface area contributed by atoms with Gasteiger partial charge in [-0.2, -0.15) is 0 Å². The Bertz CT molecular complexity index is 1780. The highest BCUT2D eigenvalue weighted by atomic mass is 16.3. The molecule has 0 N–H and O–H groups in total. The maximum atomic E-state index is 6.37. The second-order valence-electron chi connectivity index (χ2n) is 9.37. The summed E-state index contributed by atoms with van der Waals surface area (Å²) in [4.78, 5) is 10.3.